The van der Waals surface area contributed by atoms with Crippen molar-refractivity contribution >= 4 is 5.91 Å². The maximum absolute atomic E-state index is 12.2. The summed E-state index contributed by atoms with van der Waals surface area (Å²) in [4.78, 5) is 12.2. The number of amides is 1. The van der Waals surface area contributed by atoms with E-state index in [1.165, 1.54) is 0 Å². The summed E-state index contributed by atoms with van der Waals surface area (Å²) in [7, 11) is 0. The summed E-state index contributed by atoms with van der Waals surface area (Å²) in [6.45, 7) is 3.35. The Morgan fingerprint density at radius 3 is 2.60 bits per heavy atom. The third kappa shape index (κ3) is 4.60. The SMILES string of the molecule is CCOc1ccc(-c2ccc(OCCNC(=O)c3ccc4c(c3)OCO4)nn2)cc1. The van der Waals surface area contributed by atoms with Crippen molar-refractivity contribution in [2.24, 2.45) is 0 Å². The van der Waals surface area contributed by atoms with Crippen LogP contribution in [0.1, 0.15) is 17.3 Å². The monoisotopic (exact) mass is 407 g/mol. The van der Waals surface area contributed by atoms with Gasteiger partial charge in [0.2, 0.25) is 12.7 Å². The molecule has 154 valence electrons. The Hall–Kier alpha value is -3.81. The molecule has 0 saturated carbocycles. The number of rotatable bonds is 8. The Balaban J connectivity index is 1.25. The van der Waals surface area contributed by atoms with Gasteiger partial charge in [0.15, 0.2) is 11.5 Å². The maximum Gasteiger partial charge on any atom is 0.251 e. The fourth-order valence-electron chi connectivity index (χ4n) is 2.90. The summed E-state index contributed by atoms with van der Waals surface area (Å²) >= 11 is 0. The van der Waals surface area contributed by atoms with E-state index in [2.05, 4.69) is 15.5 Å². The van der Waals surface area contributed by atoms with Crippen molar-refractivity contribution in [3.05, 3.63) is 60.2 Å². The molecule has 0 fully saturated rings. The highest BCUT2D eigenvalue weighted by Gasteiger charge is 2.16. The second-order valence-corrected chi connectivity index (χ2v) is 6.39. The molecule has 0 spiro atoms. The molecular formula is C22H21N3O5. The molecule has 0 unspecified atom stereocenters. The lowest BCUT2D eigenvalue weighted by atomic mass is 10.1. The largest absolute Gasteiger partial charge is 0.494 e. The lowest BCUT2D eigenvalue weighted by molar-refractivity contribution is 0.0946. The van der Waals surface area contributed by atoms with E-state index in [4.69, 9.17) is 18.9 Å². The highest BCUT2D eigenvalue weighted by molar-refractivity contribution is 5.94. The molecule has 8 nitrogen and oxygen atoms in total. The van der Waals surface area contributed by atoms with Crippen molar-refractivity contribution in [1.82, 2.24) is 15.5 Å². The van der Waals surface area contributed by atoms with Gasteiger partial charge in [-0.15, -0.1) is 10.2 Å². The Morgan fingerprint density at radius 2 is 1.83 bits per heavy atom. The van der Waals surface area contributed by atoms with Crippen LogP contribution < -0.4 is 24.3 Å². The number of carbonyl (C=O) groups is 1. The van der Waals surface area contributed by atoms with Gasteiger partial charge in [-0.1, -0.05) is 0 Å². The van der Waals surface area contributed by atoms with Crippen molar-refractivity contribution in [1.29, 1.82) is 0 Å². The average molecular weight is 407 g/mol. The first-order chi connectivity index (χ1) is 14.7. The molecule has 0 aliphatic carbocycles. The molecule has 4 rings (SSSR count). The molecule has 1 aliphatic rings. The van der Waals surface area contributed by atoms with Crippen molar-refractivity contribution < 1.29 is 23.7 Å². The highest BCUT2D eigenvalue weighted by atomic mass is 16.7. The highest BCUT2D eigenvalue weighted by Crippen LogP contribution is 2.32. The van der Waals surface area contributed by atoms with Gasteiger partial charge in [0.25, 0.3) is 5.91 Å². The fourth-order valence-corrected chi connectivity index (χ4v) is 2.90. The molecule has 3 aromatic rings. The van der Waals surface area contributed by atoms with E-state index < -0.39 is 0 Å². The Kier molecular flexibility index (Phi) is 5.93. The first-order valence-electron chi connectivity index (χ1n) is 9.60. The Bertz CT molecular complexity index is 1010. The summed E-state index contributed by atoms with van der Waals surface area (Å²) in [6.07, 6.45) is 0. The number of carbonyl (C=O) groups excluding carboxylic acids is 1. The van der Waals surface area contributed by atoms with E-state index in [1.807, 2.05) is 37.3 Å². The molecule has 8 heteroatoms. The van der Waals surface area contributed by atoms with Gasteiger partial charge in [-0.3, -0.25) is 4.79 Å². The molecule has 0 bridgehead atoms. The van der Waals surface area contributed by atoms with Crippen LogP contribution in [0.3, 0.4) is 0 Å². The summed E-state index contributed by atoms with van der Waals surface area (Å²) in [5.41, 5.74) is 2.17. The van der Waals surface area contributed by atoms with Crippen LogP contribution in [-0.2, 0) is 0 Å². The fraction of sp³-hybridized carbons (Fsp3) is 0.227. The smallest absolute Gasteiger partial charge is 0.251 e. The molecule has 1 N–H and O–H groups in total. The molecule has 30 heavy (non-hydrogen) atoms. The van der Waals surface area contributed by atoms with E-state index in [1.54, 1.807) is 24.3 Å². The van der Waals surface area contributed by atoms with Crippen LogP contribution in [-0.4, -0.2) is 42.7 Å². The van der Waals surface area contributed by atoms with E-state index in [-0.39, 0.29) is 19.3 Å². The van der Waals surface area contributed by atoms with Gasteiger partial charge >= 0.3 is 0 Å². The number of ether oxygens (including phenoxy) is 4. The van der Waals surface area contributed by atoms with Gasteiger partial charge in [-0.05, 0) is 55.5 Å². The normalized spacial score (nSPS) is 11.8. The maximum atomic E-state index is 12.2. The van der Waals surface area contributed by atoms with Gasteiger partial charge in [0.05, 0.1) is 18.8 Å². The Labute approximate surface area is 173 Å². The number of nitrogens with one attached hydrogen (secondary N) is 1. The minimum Gasteiger partial charge on any atom is -0.494 e. The minimum absolute atomic E-state index is 0.173. The number of aromatic nitrogens is 2. The van der Waals surface area contributed by atoms with Crippen molar-refractivity contribution in [2.45, 2.75) is 6.92 Å². The predicted octanol–water partition coefficient (Wildman–Crippen LogP) is 3.08. The minimum atomic E-state index is -0.214. The third-order valence-electron chi connectivity index (χ3n) is 4.37. The van der Waals surface area contributed by atoms with Gasteiger partial charge in [0, 0.05) is 17.2 Å². The first kappa shape index (κ1) is 19.5. The second kappa shape index (κ2) is 9.13. The molecule has 2 heterocycles. The lowest BCUT2D eigenvalue weighted by Crippen LogP contribution is -2.28. The number of benzene rings is 2. The zero-order chi connectivity index (χ0) is 20.8. The number of fused-ring (bicyclic) bond motifs is 1. The first-order valence-corrected chi connectivity index (χ1v) is 9.60. The number of hydrogen-bond acceptors (Lipinski definition) is 7. The summed E-state index contributed by atoms with van der Waals surface area (Å²) in [5, 5.41) is 11.1. The van der Waals surface area contributed by atoms with E-state index >= 15 is 0 Å². The number of nitrogens with zero attached hydrogens (tertiary/aromatic N) is 2. The van der Waals surface area contributed by atoms with Gasteiger partial charge in [-0.2, -0.15) is 0 Å². The van der Waals surface area contributed by atoms with Gasteiger partial charge in [0.1, 0.15) is 12.4 Å². The molecule has 0 saturated heterocycles. The zero-order valence-corrected chi connectivity index (χ0v) is 16.5. The van der Waals surface area contributed by atoms with Crippen molar-refractivity contribution in [3.63, 3.8) is 0 Å². The van der Waals surface area contributed by atoms with E-state index in [0.29, 0.717) is 36.1 Å². The van der Waals surface area contributed by atoms with E-state index in [0.717, 1.165) is 17.0 Å². The van der Waals surface area contributed by atoms with Crippen LogP contribution >= 0.6 is 0 Å². The molecule has 1 aliphatic heterocycles. The summed E-state index contributed by atoms with van der Waals surface area (Å²) in [6, 6.07) is 16.3. The van der Waals surface area contributed by atoms with Crippen LogP contribution in [0, 0.1) is 0 Å². The van der Waals surface area contributed by atoms with Crippen molar-refractivity contribution in [3.8, 4) is 34.4 Å². The van der Waals surface area contributed by atoms with Crippen LogP contribution in [0.15, 0.2) is 54.6 Å². The Morgan fingerprint density at radius 1 is 1.00 bits per heavy atom. The van der Waals surface area contributed by atoms with Crippen molar-refractivity contribution in [2.75, 3.05) is 26.6 Å². The summed E-state index contributed by atoms with van der Waals surface area (Å²) < 4.78 is 21.5. The molecule has 1 amide bonds. The molecule has 0 radical (unpaired) electrons. The van der Waals surface area contributed by atoms with Crippen LogP contribution in [0.2, 0.25) is 0 Å². The standard InChI is InChI=1S/C22H21N3O5/c1-2-27-17-6-3-15(4-7-17)18-8-10-21(25-24-18)28-12-11-23-22(26)16-5-9-19-20(13-16)30-14-29-19/h3-10,13H,2,11-12,14H2,1H3,(H,23,26). The van der Waals surface area contributed by atoms with Gasteiger partial charge < -0.3 is 24.3 Å². The van der Waals surface area contributed by atoms with E-state index in [9.17, 15) is 4.79 Å². The molecular weight excluding hydrogens is 386 g/mol. The van der Waals surface area contributed by atoms with Crippen LogP contribution in [0.25, 0.3) is 11.3 Å². The number of hydrogen-bond donors (Lipinski definition) is 1. The summed E-state index contributed by atoms with van der Waals surface area (Å²) in [5.74, 6) is 2.21. The third-order valence-corrected chi connectivity index (χ3v) is 4.37. The second-order valence-electron chi connectivity index (χ2n) is 6.39. The van der Waals surface area contributed by atoms with Crippen LogP contribution in [0.5, 0.6) is 23.1 Å². The molecule has 2 aromatic carbocycles. The molecule has 1 aromatic heterocycles. The van der Waals surface area contributed by atoms with Gasteiger partial charge in [-0.25, -0.2) is 0 Å². The lowest BCUT2D eigenvalue weighted by Gasteiger charge is -2.08. The quantitative estimate of drug-likeness (QED) is 0.574. The molecule has 0 atom stereocenters. The van der Waals surface area contributed by atoms with Crippen LogP contribution in [0.4, 0.5) is 0 Å². The zero-order valence-electron chi connectivity index (χ0n) is 16.5. The topological polar surface area (TPSA) is 91.8 Å². The average Bonchev–Trinajstić information content (AvgIpc) is 3.26. The predicted molar refractivity (Wildman–Crippen MR) is 109 cm³/mol.